The zero-order chi connectivity index (χ0) is 23.6. The number of anilines is 2. The number of carbonyl (C=O) groups is 2. The third-order valence-electron chi connectivity index (χ3n) is 5.19. The van der Waals surface area contributed by atoms with Gasteiger partial charge in [-0.3, -0.25) is 9.59 Å². The topological polar surface area (TPSA) is 61.9 Å². The van der Waals surface area contributed by atoms with Crippen molar-refractivity contribution in [2.75, 3.05) is 36.4 Å². The number of hydrogen-bond donors (Lipinski definition) is 1. The third kappa shape index (κ3) is 4.99. The largest absolute Gasteiger partial charge is 0.454 e. The van der Waals surface area contributed by atoms with E-state index in [1.807, 2.05) is 13.8 Å². The van der Waals surface area contributed by atoms with Crippen molar-refractivity contribution in [1.82, 2.24) is 4.90 Å². The molecule has 0 atom stereocenters. The van der Waals surface area contributed by atoms with Gasteiger partial charge in [-0.05, 0) is 37.4 Å². The van der Waals surface area contributed by atoms with Gasteiger partial charge in [0.05, 0.1) is 27.5 Å². The lowest BCUT2D eigenvalue weighted by Gasteiger charge is -2.26. The van der Waals surface area contributed by atoms with Gasteiger partial charge in [-0.15, -0.1) is 0 Å². The Labute approximate surface area is 188 Å². The second-order valence-corrected chi connectivity index (χ2v) is 7.68. The molecule has 1 N–H and O–H groups in total. The van der Waals surface area contributed by atoms with Gasteiger partial charge in [0.25, 0.3) is 5.91 Å². The third-order valence-corrected chi connectivity index (χ3v) is 5.50. The summed E-state index contributed by atoms with van der Waals surface area (Å²) >= 11 is 6.24. The molecule has 0 radical (unpaired) electrons. The first-order valence-electron chi connectivity index (χ1n) is 10.1. The molecule has 0 fully saturated rings. The molecule has 6 nitrogen and oxygen atoms in total. The molecular weight excluding hydrogens is 447 g/mol. The average Bonchev–Trinajstić information content (AvgIpc) is 2.82. The van der Waals surface area contributed by atoms with Gasteiger partial charge >= 0.3 is 6.18 Å². The molecule has 1 aliphatic heterocycles. The lowest BCUT2D eigenvalue weighted by atomic mass is 10.1. The summed E-state index contributed by atoms with van der Waals surface area (Å²) in [5, 5.41) is 2.63. The van der Waals surface area contributed by atoms with E-state index in [9.17, 15) is 22.8 Å². The van der Waals surface area contributed by atoms with Crippen LogP contribution in [0.1, 0.15) is 36.7 Å². The summed E-state index contributed by atoms with van der Waals surface area (Å²) in [5.41, 5.74) is -0.389. The van der Waals surface area contributed by atoms with E-state index in [1.54, 1.807) is 0 Å². The molecule has 0 bridgehead atoms. The summed E-state index contributed by atoms with van der Waals surface area (Å²) in [6.07, 6.45) is -4.58. The fraction of sp³-hybridized carbons (Fsp3) is 0.364. The van der Waals surface area contributed by atoms with Crippen LogP contribution in [-0.4, -0.2) is 42.9 Å². The van der Waals surface area contributed by atoms with Crippen molar-refractivity contribution in [2.45, 2.75) is 26.9 Å². The molecule has 1 aliphatic rings. The number of alkyl halides is 3. The van der Waals surface area contributed by atoms with E-state index in [1.165, 1.54) is 30.0 Å². The van der Waals surface area contributed by atoms with Crippen molar-refractivity contribution < 1.29 is 27.5 Å². The Kier molecular flexibility index (Phi) is 7.00. The quantitative estimate of drug-likeness (QED) is 0.614. The van der Waals surface area contributed by atoms with E-state index >= 15 is 0 Å². The molecule has 10 heteroatoms. The molecule has 2 aromatic rings. The summed E-state index contributed by atoms with van der Waals surface area (Å²) in [6.45, 7) is 7.54. The first-order chi connectivity index (χ1) is 15.0. The van der Waals surface area contributed by atoms with Crippen LogP contribution < -0.4 is 15.0 Å². The van der Waals surface area contributed by atoms with Gasteiger partial charge in [0.2, 0.25) is 5.91 Å². The van der Waals surface area contributed by atoms with Crippen LogP contribution in [0.4, 0.5) is 24.5 Å². The highest BCUT2D eigenvalue weighted by Gasteiger charge is 2.35. The molecule has 3 rings (SSSR count). The van der Waals surface area contributed by atoms with E-state index in [0.717, 1.165) is 25.2 Å². The lowest BCUT2D eigenvalue weighted by Crippen LogP contribution is -2.38. The molecule has 0 saturated carbocycles. The zero-order valence-electron chi connectivity index (χ0n) is 17.8. The fourth-order valence-corrected chi connectivity index (χ4v) is 3.67. The molecule has 0 unspecified atom stereocenters. The van der Waals surface area contributed by atoms with Crippen LogP contribution >= 0.6 is 11.6 Å². The minimum atomic E-state index is -4.58. The van der Waals surface area contributed by atoms with Gasteiger partial charge in [-0.1, -0.05) is 25.4 Å². The number of hydrogen-bond acceptors (Lipinski definition) is 4. The second kappa shape index (κ2) is 9.38. The van der Waals surface area contributed by atoms with Crippen molar-refractivity contribution in [2.24, 2.45) is 0 Å². The van der Waals surface area contributed by atoms with Crippen LogP contribution in [0.5, 0.6) is 11.5 Å². The molecular formula is C22H23ClF3N3O3. The number of likely N-dealkylation sites (N-methyl/N-ethyl adjacent to an activating group) is 1. The van der Waals surface area contributed by atoms with Crippen molar-refractivity contribution in [3.8, 4) is 11.5 Å². The van der Waals surface area contributed by atoms with Crippen molar-refractivity contribution in [1.29, 1.82) is 0 Å². The van der Waals surface area contributed by atoms with Gasteiger partial charge < -0.3 is 19.9 Å². The summed E-state index contributed by atoms with van der Waals surface area (Å²) in [5.74, 6) is -0.953. The van der Waals surface area contributed by atoms with Gasteiger partial charge in [0.15, 0.2) is 5.75 Å². The predicted octanol–water partition coefficient (Wildman–Crippen LogP) is 5.41. The SMILES string of the molecule is CCN(CC)CCN1C(=O)c2cc(Cl)c(NC(C)=O)cc2Oc2cc(C(F)(F)F)ccc21. The van der Waals surface area contributed by atoms with Crippen molar-refractivity contribution in [3.63, 3.8) is 0 Å². The minimum Gasteiger partial charge on any atom is -0.454 e. The predicted molar refractivity (Wildman–Crippen MR) is 117 cm³/mol. The monoisotopic (exact) mass is 469 g/mol. The highest BCUT2D eigenvalue weighted by atomic mass is 35.5. The highest BCUT2D eigenvalue weighted by molar-refractivity contribution is 6.34. The normalized spacial score (nSPS) is 13.4. The first-order valence-corrected chi connectivity index (χ1v) is 10.5. The van der Waals surface area contributed by atoms with E-state index in [2.05, 4.69) is 10.2 Å². The summed E-state index contributed by atoms with van der Waals surface area (Å²) < 4.78 is 45.8. The maximum absolute atomic E-state index is 13.4. The summed E-state index contributed by atoms with van der Waals surface area (Å²) in [7, 11) is 0. The number of carbonyl (C=O) groups excluding carboxylic acids is 2. The Morgan fingerprint density at radius 3 is 2.44 bits per heavy atom. The van der Waals surface area contributed by atoms with Crippen LogP contribution in [0.15, 0.2) is 30.3 Å². The Morgan fingerprint density at radius 2 is 1.84 bits per heavy atom. The standard InChI is InChI=1S/C22H23ClF3N3O3/c1-4-28(5-2)8-9-29-18-7-6-14(22(24,25)26)10-20(18)32-19-12-17(27-13(3)30)16(23)11-15(19)21(29)31/h6-7,10-12H,4-5,8-9H2,1-3H3,(H,27,30). The van der Waals surface area contributed by atoms with Crippen molar-refractivity contribution >= 4 is 34.8 Å². The molecule has 172 valence electrons. The Balaban J connectivity index is 2.13. The highest BCUT2D eigenvalue weighted by Crippen LogP contribution is 2.44. The van der Waals surface area contributed by atoms with Crippen LogP contribution in [0.3, 0.4) is 0 Å². The Morgan fingerprint density at radius 1 is 1.16 bits per heavy atom. The maximum Gasteiger partial charge on any atom is 0.416 e. The zero-order valence-corrected chi connectivity index (χ0v) is 18.6. The number of nitrogens with zero attached hydrogens (tertiary/aromatic N) is 2. The van der Waals surface area contributed by atoms with Crippen LogP contribution in [0.25, 0.3) is 0 Å². The average molecular weight is 470 g/mol. The molecule has 32 heavy (non-hydrogen) atoms. The number of nitrogens with one attached hydrogen (secondary N) is 1. The minimum absolute atomic E-state index is 0.00839. The molecule has 0 saturated heterocycles. The Bertz CT molecular complexity index is 1040. The van der Waals surface area contributed by atoms with E-state index in [4.69, 9.17) is 16.3 Å². The molecule has 0 spiro atoms. The lowest BCUT2D eigenvalue weighted by molar-refractivity contribution is -0.137. The summed E-state index contributed by atoms with van der Waals surface area (Å²) in [4.78, 5) is 28.4. The van der Waals surface area contributed by atoms with Gasteiger partial charge in [0, 0.05) is 26.1 Å². The maximum atomic E-state index is 13.4. The smallest absolute Gasteiger partial charge is 0.416 e. The number of benzene rings is 2. The number of rotatable bonds is 6. The molecule has 2 aromatic carbocycles. The van der Waals surface area contributed by atoms with Crippen molar-refractivity contribution in [3.05, 3.63) is 46.5 Å². The van der Waals surface area contributed by atoms with Gasteiger partial charge in [-0.2, -0.15) is 13.2 Å². The number of halogens is 4. The van der Waals surface area contributed by atoms with Crippen LogP contribution in [-0.2, 0) is 11.0 Å². The van der Waals surface area contributed by atoms with Crippen LogP contribution in [0, 0.1) is 0 Å². The summed E-state index contributed by atoms with van der Waals surface area (Å²) in [6, 6.07) is 5.72. The number of ether oxygens (including phenoxy) is 1. The molecule has 1 heterocycles. The van der Waals surface area contributed by atoms with E-state index in [-0.39, 0.29) is 40.0 Å². The molecule has 0 aliphatic carbocycles. The molecule has 0 aromatic heterocycles. The van der Waals surface area contributed by atoms with E-state index in [0.29, 0.717) is 6.54 Å². The Hall–Kier alpha value is -2.78. The second-order valence-electron chi connectivity index (χ2n) is 7.28. The first kappa shape index (κ1) is 23.9. The van der Waals surface area contributed by atoms with Gasteiger partial charge in [-0.25, -0.2) is 0 Å². The van der Waals surface area contributed by atoms with Gasteiger partial charge in [0.1, 0.15) is 5.75 Å². The van der Waals surface area contributed by atoms with E-state index < -0.39 is 23.6 Å². The number of amides is 2. The fourth-order valence-electron chi connectivity index (χ4n) is 3.46. The molecule has 2 amide bonds. The number of fused-ring (bicyclic) bond motifs is 2. The van der Waals surface area contributed by atoms with Crippen LogP contribution in [0.2, 0.25) is 5.02 Å².